The van der Waals surface area contributed by atoms with E-state index in [0.29, 0.717) is 16.3 Å². The molecule has 4 heteroatoms. The maximum Gasteiger partial charge on any atom is 0.145 e. The molecule has 1 aromatic carbocycles. The molecular formula is C8H7BrClFO. The normalized spacial score (nSPS) is 10.1. The Morgan fingerprint density at radius 1 is 1.58 bits per heavy atom. The zero-order valence-electron chi connectivity index (χ0n) is 6.62. The minimum absolute atomic E-state index is 0.280. The molecule has 0 saturated heterocycles. The fraction of sp³-hybridized carbons (Fsp3) is 0.250. The number of ether oxygens (including phenoxy) is 1. The summed E-state index contributed by atoms with van der Waals surface area (Å²) < 4.78 is 18.4. The van der Waals surface area contributed by atoms with Gasteiger partial charge in [0.2, 0.25) is 0 Å². The molecule has 0 saturated carbocycles. The quantitative estimate of drug-likeness (QED) is 0.695. The predicted octanol–water partition coefficient (Wildman–Crippen LogP) is 3.56. The Bertz CT molecular complexity index is 314. The van der Waals surface area contributed by atoms with Crippen LogP contribution in [0.4, 0.5) is 4.39 Å². The number of methoxy groups -OCH3 is 1. The number of halogens is 3. The summed E-state index contributed by atoms with van der Waals surface area (Å²) in [5.41, 5.74) is 0.453. The van der Waals surface area contributed by atoms with Crippen LogP contribution in [0.15, 0.2) is 10.5 Å². The van der Waals surface area contributed by atoms with Gasteiger partial charge in [-0.15, -0.1) is 0 Å². The van der Waals surface area contributed by atoms with Gasteiger partial charge < -0.3 is 4.74 Å². The molecular weight excluding hydrogens is 246 g/mol. The standard InChI is InChI=1S/C8H7BrClFO/c1-4-6(12-2)3-5(10)7(9)8(4)11/h3H,1-2H3. The molecule has 12 heavy (non-hydrogen) atoms. The van der Waals surface area contributed by atoms with Crippen molar-refractivity contribution in [1.29, 1.82) is 0 Å². The maximum atomic E-state index is 13.2. The molecule has 0 atom stereocenters. The molecule has 0 aliphatic rings. The monoisotopic (exact) mass is 252 g/mol. The van der Waals surface area contributed by atoms with Crippen LogP contribution in [0, 0.1) is 12.7 Å². The van der Waals surface area contributed by atoms with Crippen LogP contribution in [0.1, 0.15) is 5.56 Å². The highest BCUT2D eigenvalue weighted by Gasteiger charge is 2.12. The Morgan fingerprint density at radius 3 is 2.67 bits per heavy atom. The van der Waals surface area contributed by atoms with Gasteiger partial charge in [-0.1, -0.05) is 11.6 Å². The van der Waals surface area contributed by atoms with Gasteiger partial charge >= 0.3 is 0 Å². The average molecular weight is 253 g/mol. The highest BCUT2D eigenvalue weighted by molar-refractivity contribution is 9.10. The lowest BCUT2D eigenvalue weighted by Gasteiger charge is -2.07. The molecule has 0 radical (unpaired) electrons. The lowest BCUT2D eigenvalue weighted by atomic mass is 10.2. The molecule has 0 aliphatic heterocycles. The number of rotatable bonds is 1. The zero-order valence-corrected chi connectivity index (χ0v) is 8.96. The summed E-state index contributed by atoms with van der Waals surface area (Å²) in [4.78, 5) is 0. The van der Waals surface area contributed by atoms with E-state index in [1.165, 1.54) is 7.11 Å². The van der Waals surface area contributed by atoms with Crippen LogP contribution in [-0.4, -0.2) is 7.11 Å². The summed E-state index contributed by atoms with van der Waals surface area (Å²) in [5.74, 6) is 0.0834. The minimum atomic E-state index is -0.376. The summed E-state index contributed by atoms with van der Waals surface area (Å²) in [7, 11) is 1.48. The molecule has 0 bridgehead atoms. The van der Waals surface area contributed by atoms with Crippen molar-refractivity contribution in [1.82, 2.24) is 0 Å². The van der Waals surface area contributed by atoms with Gasteiger partial charge in [-0.25, -0.2) is 4.39 Å². The number of benzene rings is 1. The van der Waals surface area contributed by atoms with Crippen molar-refractivity contribution in [2.24, 2.45) is 0 Å². The molecule has 0 heterocycles. The van der Waals surface area contributed by atoms with Crippen LogP contribution in [0.2, 0.25) is 5.02 Å². The van der Waals surface area contributed by atoms with Crippen molar-refractivity contribution in [3.05, 3.63) is 26.9 Å². The molecule has 0 fully saturated rings. The van der Waals surface area contributed by atoms with Crippen LogP contribution in [0.5, 0.6) is 5.75 Å². The van der Waals surface area contributed by atoms with Crippen LogP contribution in [0.3, 0.4) is 0 Å². The first-order chi connectivity index (χ1) is 5.57. The molecule has 0 amide bonds. The fourth-order valence-corrected chi connectivity index (χ4v) is 1.47. The first-order valence-electron chi connectivity index (χ1n) is 3.26. The van der Waals surface area contributed by atoms with Gasteiger partial charge in [0.1, 0.15) is 11.6 Å². The van der Waals surface area contributed by atoms with Crippen LogP contribution < -0.4 is 4.74 Å². The Hall–Kier alpha value is -0.280. The van der Waals surface area contributed by atoms with Gasteiger partial charge in [0.15, 0.2) is 0 Å². The Kier molecular flexibility index (Phi) is 2.96. The van der Waals surface area contributed by atoms with E-state index in [1.54, 1.807) is 13.0 Å². The van der Waals surface area contributed by atoms with Gasteiger partial charge in [0.05, 0.1) is 16.6 Å². The molecule has 0 aromatic heterocycles. The van der Waals surface area contributed by atoms with Crippen molar-refractivity contribution < 1.29 is 9.13 Å². The van der Waals surface area contributed by atoms with Gasteiger partial charge in [-0.2, -0.15) is 0 Å². The first kappa shape index (κ1) is 9.81. The van der Waals surface area contributed by atoms with E-state index in [9.17, 15) is 4.39 Å². The second kappa shape index (κ2) is 3.62. The van der Waals surface area contributed by atoms with Gasteiger partial charge in [-0.05, 0) is 22.9 Å². The van der Waals surface area contributed by atoms with Crippen LogP contribution in [0.25, 0.3) is 0 Å². The van der Waals surface area contributed by atoms with Crippen molar-refractivity contribution in [2.45, 2.75) is 6.92 Å². The molecule has 1 nitrogen and oxygen atoms in total. The van der Waals surface area contributed by atoms with Gasteiger partial charge in [0, 0.05) is 11.6 Å². The van der Waals surface area contributed by atoms with E-state index < -0.39 is 0 Å². The zero-order chi connectivity index (χ0) is 9.30. The summed E-state index contributed by atoms with van der Waals surface area (Å²) in [6.45, 7) is 1.63. The van der Waals surface area contributed by atoms with E-state index >= 15 is 0 Å². The third-order valence-electron chi connectivity index (χ3n) is 1.58. The van der Waals surface area contributed by atoms with Gasteiger partial charge in [-0.3, -0.25) is 0 Å². The average Bonchev–Trinajstić information content (AvgIpc) is 2.08. The Labute approximate surface area is 83.6 Å². The molecule has 0 spiro atoms. The SMILES string of the molecule is COc1cc(Cl)c(Br)c(F)c1C. The molecule has 0 unspecified atom stereocenters. The predicted molar refractivity (Wildman–Crippen MR) is 50.4 cm³/mol. The second-order valence-electron chi connectivity index (χ2n) is 2.31. The van der Waals surface area contributed by atoms with Crippen molar-refractivity contribution in [2.75, 3.05) is 7.11 Å². The lowest BCUT2D eigenvalue weighted by molar-refractivity contribution is 0.407. The summed E-state index contributed by atoms with van der Waals surface area (Å²) >= 11 is 8.73. The summed E-state index contributed by atoms with van der Waals surface area (Å²) in [5, 5.41) is 0.315. The van der Waals surface area contributed by atoms with E-state index in [1.807, 2.05) is 0 Å². The van der Waals surface area contributed by atoms with Gasteiger partial charge in [0.25, 0.3) is 0 Å². The van der Waals surface area contributed by atoms with Crippen molar-refractivity contribution >= 4 is 27.5 Å². The van der Waals surface area contributed by atoms with Crippen molar-refractivity contribution in [3.8, 4) is 5.75 Å². The summed E-state index contributed by atoms with van der Waals surface area (Å²) in [6.07, 6.45) is 0. The number of hydrogen-bond donors (Lipinski definition) is 0. The minimum Gasteiger partial charge on any atom is -0.496 e. The smallest absolute Gasteiger partial charge is 0.145 e. The van der Waals surface area contributed by atoms with Crippen LogP contribution in [-0.2, 0) is 0 Å². The molecule has 66 valence electrons. The van der Waals surface area contributed by atoms with E-state index in [4.69, 9.17) is 16.3 Å². The van der Waals surface area contributed by atoms with E-state index in [2.05, 4.69) is 15.9 Å². The molecule has 1 aromatic rings. The molecule has 0 aliphatic carbocycles. The second-order valence-corrected chi connectivity index (χ2v) is 3.51. The highest BCUT2D eigenvalue weighted by atomic mass is 79.9. The lowest BCUT2D eigenvalue weighted by Crippen LogP contribution is -1.92. The fourth-order valence-electron chi connectivity index (χ4n) is 0.876. The molecule has 0 N–H and O–H groups in total. The van der Waals surface area contributed by atoms with Crippen molar-refractivity contribution in [3.63, 3.8) is 0 Å². The van der Waals surface area contributed by atoms with E-state index in [0.717, 1.165) is 0 Å². The molecule has 1 rings (SSSR count). The van der Waals surface area contributed by atoms with E-state index in [-0.39, 0.29) is 10.3 Å². The Morgan fingerprint density at radius 2 is 2.17 bits per heavy atom. The summed E-state index contributed by atoms with van der Waals surface area (Å²) in [6, 6.07) is 1.57. The largest absolute Gasteiger partial charge is 0.496 e. The number of hydrogen-bond acceptors (Lipinski definition) is 1. The van der Waals surface area contributed by atoms with Crippen LogP contribution >= 0.6 is 27.5 Å². The Balaban J connectivity index is 3.39. The maximum absolute atomic E-state index is 13.2. The first-order valence-corrected chi connectivity index (χ1v) is 4.43. The highest BCUT2D eigenvalue weighted by Crippen LogP contribution is 2.33. The third kappa shape index (κ3) is 1.57. The topological polar surface area (TPSA) is 9.23 Å². The third-order valence-corrected chi connectivity index (χ3v) is 2.88.